The van der Waals surface area contributed by atoms with Crippen molar-refractivity contribution < 1.29 is 14.3 Å². The van der Waals surface area contributed by atoms with Crippen LogP contribution in [-0.4, -0.2) is 35.2 Å². The van der Waals surface area contributed by atoms with Gasteiger partial charge in [-0.25, -0.2) is 4.79 Å². The molecular formula is C20H24N2O3S. The van der Waals surface area contributed by atoms with Gasteiger partial charge in [0, 0.05) is 11.7 Å². The van der Waals surface area contributed by atoms with E-state index in [1.807, 2.05) is 38.1 Å². The van der Waals surface area contributed by atoms with Gasteiger partial charge >= 0.3 is 5.97 Å². The summed E-state index contributed by atoms with van der Waals surface area (Å²) in [6.07, 6.45) is 3.87. The molecule has 1 heterocycles. The van der Waals surface area contributed by atoms with Crippen LogP contribution in [0.4, 0.5) is 0 Å². The molecule has 1 aliphatic heterocycles. The molecule has 0 spiro atoms. The number of esters is 1. The average Bonchev–Trinajstić information content (AvgIpc) is 3.44. The molecular weight excluding hydrogens is 348 g/mol. The van der Waals surface area contributed by atoms with Crippen molar-refractivity contribution in [3.8, 4) is 5.75 Å². The third-order valence-corrected chi connectivity index (χ3v) is 4.81. The SMILES string of the molecule is C=CCOc1cccc([C@@H]2NC(=S)N(C3CC3)C(C)=C2C(=O)OCC)c1. The van der Waals surface area contributed by atoms with E-state index < -0.39 is 0 Å². The lowest BCUT2D eigenvalue weighted by Crippen LogP contribution is -2.48. The van der Waals surface area contributed by atoms with E-state index in [1.165, 1.54) is 0 Å². The molecule has 1 atom stereocenters. The van der Waals surface area contributed by atoms with Gasteiger partial charge in [-0.1, -0.05) is 24.8 Å². The summed E-state index contributed by atoms with van der Waals surface area (Å²) in [7, 11) is 0. The fourth-order valence-electron chi connectivity index (χ4n) is 3.19. The molecule has 1 aromatic carbocycles. The van der Waals surface area contributed by atoms with Crippen LogP contribution in [-0.2, 0) is 9.53 Å². The Morgan fingerprint density at radius 1 is 1.46 bits per heavy atom. The molecule has 0 aromatic heterocycles. The van der Waals surface area contributed by atoms with Gasteiger partial charge in [0.05, 0.1) is 18.2 Å². The van der Waals surface area contributed by atoms with Crippen molar-refractivity contribution in [3.05, 3.63) is 53.8 Å². The summed E-state index contributed by atoms with van der Waals surface area (Å²) in [5.74, 6) is 0.411. The summed E-state index contributed by atoms with van der Waals surface area (Å²) < 4.78 is 11.0. The molecule has 0 saturated heterocycles. The van der Waals surface area contributed by atoms with Crippen molar-refractivity contribution in [1.82, 2.24) is 10.2 Å². The fraction of sp³-hybridized carbons (Fsp3) is 0.400. The van der Waals surface area contributed by atoms with E-state index in [4.69, 9.17) is 21.7 Å². The Kier molecular flexibility index (Phi) is 5.61. The number of nitrogens with zero attached hydrogens (tertiary/aromatic N) is 1. The molecule has 26 heavy (non-hydrogen) atoms. The van der Waals surface area contributed by atoms with Gasteiger partial charge in [-0.3, -0.25) is 0 Å². The molecule has 3 rings (SSSR count). The van der Waals surface area contributed by atoms with Gasteiger partial charge in [0.1, 0.15) is 12.4 Å². The van der Waals surface area contributed by atoms with Gasteiger partial charge in [-0.2, -0.15) is 0 Å². The maximum Gasteiger partial charge on any atom is 0.338 e. The topological polar surface area (TPSA) is 50.8 Å². The number of rotatable bonds is 7. The zero-order chi connectivity index (χ0) is 18.7. The molecule has 138 valence electrons. The predicted octanol–water partition coefficient (Wildman–Crippen LogP) is 3.48. The third kappa shape index (κ3) is 3.75. The van der Waals surface area contributed by atoms with Crippen LogP contribution in [0.3, 0.4) is 0 Å². The van der Waals surface area contributed by atoms with Crippen LogP contribution in [0.2, 0.25) is 0 Å². The number of allylic oxidation sites excluding steroid dienone is 1. The average molecular weight is 372 g/mol. The van der Waals surface area contributed by atoms with Crippen LogP contribution in [0.5, 0.6) is 5.75 Å². The quantitative estimate of drug-likeness (QED) is 0.449. The van der Waals surface area contributed by atoms with E-state index in [0.29, 0.717) is 29.9 Å². The molecule has 1 N–H and O–H groups in total. The fourth-order valence-corrected chi connectivity index (χ4v) is 3.60. The van der Waals surface area contributed by atoms with E-state index in [-0.39, 0.29) is 12.0 Å². The Hall–Kier alpha value is -2.34. The van der Waals surface area contributed by atoms with Gasteiger partial charge in [-0.05, 0) is 56.6 Å². The Bertz CT molecular complexity index is 755. The second kappa shape index (κ2) is 7.91. The number of thiocarbonyl (C=S) groups is 1. The van der Waals surface area contributed by atoms with E-state index in [2.05, 4.69) is 16.8 Å². The summed E-state index contributed by atoms with van der Waals surface area (Å²) >= 11 is 5.59. The predicted molar refractivity (Wildman–Crippen MR) is 105 cm³/mol. The van der Waals surface area contributed by atoms with Crippen LogP contribution >= 0.6 is 12.2 Å². The largest absolute Gasteiger partial charge is 0.490 e. The summed E-state index contributed by atoms with van der Waals surface area (Å²) in [6.45, 7) is 8.18. The minimum Gasteiger partial charge on any atom is -0.490 e. The molecule has 6 heteroatoms. The monoisotopic (exact) mass is 372 g/mol. The highest BCUT2D eigenvalue weighted by atomic mass is 32.1. The summed E-state index contributed by atoms with van der Waals surface area (Å²) in [6, 6.07) is 7.69. The van der Waals surface area contributed by atoms with E-state index in [1.54, 1.807) is 6.08 Å². The maximum absolute atomic E-state index is 12.7. The lowest BCUT2D eigenvalue weighted by atomic mass is 9.94. The highest BCUT2D eigenvalue weighted by Gasteiger charge is 2.40. The number of carbonyl (C=O) groups excluding carboxylic acids is 1. The van der Waals surface area contributed by atoms with Gasteiger partial charge in [0.25, 0.3) is 0 Å². The van der Waals surface area contributed by atoms with Crippen LogP contribution in [0.15, 0.2) is 48.2 Å². The van der Waals surface area contributed by atoms with Crippen LogP contribution in [0.25, 0.3) is 0 Å². The molecule has 0 radical (unpaired) electrons. The lowest BCUT2D eigenvalue weighted by Gasteiger charge is -2.37. The first-order valence-corrected chi connectivity index (χ1v) is 9.29. The first-order chi connectivity index (χ1) is 12.6. The third-order valence-electron chi connectivity index (χ3n) is 4.49. The van der Waals surface area contributed by atoms with Crippen LogP contribution in [0.1, 0.15) is 38.3 Å². The molecule has 0 unspecified atom stereocenters. The molecule has 1 saturated carbocycles. The van der Waals surface area contributed by atoms with Crippen molar-refractivity contribution in [2.75, 3.05) is 13.2 Å². The molecule has 1 aromatic rings. The van der Waals surface area contributed by atoms with Crippen molar-refractivity contribution in [1.29, 1.82) is 0 Å². The van der Waals surface area contributed by atoms with Crippen molar-refractivity contribution in [3.63, 3.8) is 0 Å². The van der Waals surface area contributed by atoms with Gasteiger partial charge in [0.15, 0.2) is 5.11 Å². The smallest absolute Gasteiger partial charge is 0.338 e. The Morgan fingerprint density at radius 2 is 2.23 bits per heavy atom. The number of ether oxygens (including phenoxy) is 2. The maximum atomic E-state index is 12.7. The summed E-state index contributed by atoms with van der Waals surface area (Å²) in [5, 5.41) is 3.98. The highest BCUT2D eigenvalue weighted by Crippen LogP contribution is 2.38. The molecule has 0 amide bonds. The van der Waals surface area contributed by atoms with E-state index in [9.17, 15) is 4.79 Å². The van der Waals surface area contributed by atoms with Gasteiger partial charge in [0.2, 0.25) is 0 Å². The normalized spacial score (nSPS) is 19.8. The minimum atomic E-state index is -0.358. The molecule has 1 fully saturated rings. The minimum absolute atomic E-state index is 0.312. The van der Waals surface area contributed by atoms with Crippen molar-refractivity contribution in [2.45, 2.75) is 38.8 Å². The zero-order valence-electron chi connectivity index (χ0n) is 15.2. The number of hydrogen-bond donors (Lipinski definition) is 1. The van der Waals surface area contributed by atoms with Crippen LogP contribution in [0, 0.1) is 0 Å². The second-order valence-electron chi connectivity index (χ2n) is 6.38. The highest BCUT2D eigenvalue weighted by molar-refractivity contribution is 7.80. The number of hydrogen-bond acceptors (Lipinski definition) is 4. The molecule has 1 aliphatic carbocycles. The summed E-state index contributed by atoms with van der Waals surface area (Å²) in [4.78, 5) is 14.8. The van der Waals surface area contributed by atoms with Crippen molar-refractivity contribution in [2.24, 2.45) is 0 Å². The van der Waals surface area contributed by atoms with Gasteiger partial charge in [-0.15, -0.1) is 0 Å². The Labute approximate surface area is 159 Å². The lowest BCUT2D eigenvalue weighted by molar-refractivity contribution is -0.139. The number of carbonyl (C=O) groups is 1. The van der Waals surface area contributed by atoms with E-state index >= 15 is 0 Å². The summed E-state index contributed by atoms with van der Waals surface area (Å²) in [5.41, 5.74) is 2.39. The first-order valence-electron chi connectivity index (χ1n) is 8.88. The van der Waals surface area contributed by atoms with Gasteiger partial charge < -0.3 is 19.7 Å². The molecule has 5 nitrogen and oxygen atoms in total. The zero-order valence-corrected chi connectivity index (χ0v) is 16.0. The molecule has 0 bridgehead atoms. The second-order valence-corrected chi connectivity index (χ2v) is 6.76. The number of benzene rings is 1. The first kappa shape index (κ1) is 18.5. The van der Waals surface area contributed by atoms with Crippen LogP contribution < -0.4 is 10.1 Å². The standard InChI is InChI=1S/C20H24N2O3S/c1-4-11-25-16-8-6-7-14(12-16)18-17(19(23)24-5-2)13(3)22(15-9-10-15)20(26)21-18/h4,6-8,12,15,18H,1,5,9-11H2,2-3H3,(H,21,26)/t18-/m0/s1. The number of nitrogens with one attached hydrogen (secondary N) is 1. The Balaban J connectivity index is 1.99. The molecule has 2 aliphatic rings. The van der Waals surface area contributed by atoms with Crippen molar-refractivity contribution >= 4 is 23.3 Å². The Morgan fingerprint density at radius 3 is 2.88 bits per heavy atom. The van der Waals surface area contributed by atoms with E-state index in [0.717, 1.165) is 29.9 Å².